The van der Waals surface area contributed by atoms with Gasteiger partial charge in [0.05, 0.1) is 25.3 Å². The van der Waals surface area contributed by atoms with Crippen LogP contribution < -0.4 is 10.6 Å². The molecule has 4 rings (SSSR count). The summed E-state index contributed by atoms with van der Waals surface area (Å²) in [5, 5.41) is 5.33. The van der Waals surface area contributed by atoms with Crippen molar-refractivity contribution in [1.82, 2.24) is 10.2 Å². The number of esters is 1. The van der Waals surface area contributed by atoms with E-state index in [9.17, 15) is 9.59 Å². The third kappa shape index (κ3) is 6.68. The molecule has 0 aromatic heterocycles. The summed E-state index contributed by atoms with van der Waals surface area (Å²) in [5.41, 5.74) is 0. The Balaban J connectivity index is 1.20. The lowest BCUT2D eigenvalue weighted by Crippen LogP contribution is -2.82. The van der Waals surface area contributed by atoms with E-state index >= 15 is 0 Å². The van der Waals surface area contributed by atoms with Gasteiger partial charge in [0.1, 0.15) is 18.9 Å². The molecule has 188 valence electrons. The highest BCUT2D eigenvalue weighted by molar-refractivity contribution is 5.80. The molecule has 33 heavy (non-hydrogen) atoms. The topological polar surface area (TPSA) is 93.7 Å². The highest BCUT2D eigenvalue weighted by Crippen LogP contribution is 2.46. The third-order valence-corrected chi connectivity index (χ3v) is 8.44. The summed E-state index contributed by atoms with van der Waals surface area (Å²) in [6, 6.07) is 0. The molecule has 0 radical (unpaired) electrons. The van der Waals surface area contributed by atoms with Gasteiger partial charge in [-0.2, -0.15) is 0 Å². The Morgan fingerprint density at radius 3 is 2.70 bits per heavy atom. The Labute approximate surface area is 198 Å². The Bertz CT molecular complexity index is 648. The van der Waals surface area contributed by atoms with Crippen LogP contribution in [0.4, 0.5) is 0 Å². The molecule has 5 unspecified atom stereocenters. The summed E-state index contributed by atoms with van der Waals surface area (Å²) < 4.78 is 17.5. The van der Waals surface area contributed by atoms with E-state index in [1.165, 1.54) is 6.54 Å². The molecule has 8 nitrogen and oxygen atoms in total. The maximum atomic E-state index is 12.5. The van der Waals surface area contributed by atoms with Crippen LogP contribution in [-0.2, 0) is 23.8 Å². The zero-order valence-electron chi connectivity index (χ0n) is 20.5. The van der Waals surface area contributed by atoms with Gasteiger partial charge in [0.25, 0.3) is 0 Å². The van der Waals surface area contributed by atoms with Gasteiger partial charge in [0.2, 0.25) is 5.91 Å². The Morgan fingerprint density at radius 2 is 1.97 bits per heavy atom. The molecule has 5 atom stereocenters. The van der Waals surface area contributed by atoms with Crippen LogP contribution >= 0.6 is 0 Å². The number of hydrogen-bond donors (Lipinski definition) is 2. The van der Waals surface area contributed by atoms with Gasteiger partial charge in [-0.3, -0.25) is 14.5 Å². The average molecular weight is 467 g/mol. The SMILES string of the molecule is COC1CCC(C2CC(=O)OC3CC(OC(C)C(=O)NCCCN4CC[NH2+]C4)CCC32)CC1. The predicted molar refractivity (Wildman–Crippen MR) is 123 cm³/mol. The van der Waals surface area contributed by atoms with Crippen molar-refractivity contribution in [3.63, 3.8) is 0 Å². The number of ether oxygens (including phenoxy) is 3. The molecule has 0 aromatic carbocycles. The first kappa shape index (κ1) is 24.9. The monoisotopic (exact) mass is 466 g/mol. The van der Waals surface area contributed by atoms with E-state index in [2.05, 4.69) is 15.5 Å². The van der Waals surface area contributed by atoms with Crippen molar-refractivity contribution in [2.24, 2.45) is 17.8 Å². The lowest BCUT2D eigenvalue weighted by molar-refractivity contribution is -0.642. The maximum Gasteiger partial charge on any atom is 0.306 e. The van der Waals surface area contributed by atoms with Gasteiger partial charge in [-0.1, -0.05) is 0 Å². The average Bonchev–Trinajstić information content (AvgIpc) is 3.34. The third-order valence-electron chi connectivity index (χ3n) is 8.44. The summed E-state index contributed by atoms with van der Waals surface area (Å²) in [5.74, 6) is 1.34. The van der Waals surface area contributed by atoms with Gasteiger partial charge in [-0.15, -0.1) is 0 Å². The zero-order valence-corrected chi connectivity index (χ0v) is 20.5. The Morgan fingerprint density at radius 1 is 1.18 bits per heavy atom. The zero-order chi connectivity index (χ0) is 23.2. The summed E-state index contributed by atoms with van der Waals surface area (Å²) in [7, 11) is 1.80. The second-order valence-corrected chi connectivity index (χ2v) is 10.6. The molecule has 1 amide bonds. The molecule has 2 saturated heterocycles. The second kappa shape index (κ2) is 12.0. The molecule has 0 bridgehead atoms. The number of carbonyl (C=O) groups is 2. The van der Waals surface area contributed by atoms with Crippen molar-refractivity contribution in [2.45, 2.75) is 89.1 Å². The van der Waals surface area contributed by atoms with E-state index in [0.29, 0.717) is 43.2 Å². The van der Waals surface area contributed by atoms with E-state index in [4.69, 9.17) is 14.2 Å². The van der Waals surface area contributed by atoms with E-state index in [1.54, 1.807) is 7.11 Å². The molecule has 2 saturated carbocycles. The van der Waals surface area contributed by atoms with Gasteiger partial charge in [-0.05, 0) is 69.6 Å². The van der Waals surface area contributed by atoms with Crippen LogP contribution in [0.2, 0.25) is 0 Å². The highest BCUT2D eigenvalue weighted by Gasteiger charge is 2.46. The Kier molecular flexibility index (Phi) is 9.02. The van der Waals surface area contributed by atoms with Crippen molar-refractivity contribution in [3.05, 3.63) is 0 Å². The smallest absolute Gasteiger partial charge is 0.306 e. The van der Waals surface area contributed by atoms with Crippen molar-refractivity contribution in [1.29, 1.82) is 0 Å². The minimum Gasteiger partial charge on any atom is -0.462 e. The molecular weight excluding hydrogens is 422 g/mol. The largest absolute Gasteiger partial charge is 0.462 e. The predicted octanol–water partition coefficient (Wildman–Crippen LogP) is 1.04. The summed E-state index contributed by atoms with van der Waals surface area (Å²) >= 11 is 0. The van der Waals surface area contributed by atoms with E-state index in [1.807, 2.05) is 6.92 Å². The maximum absolute atomic E-state index is 12.5. The van der Waals surface area contributed by atoms with Gasteiger partial charge in [0.15, 0.2) is 0 Å². The van der Waals surface area contributed by atoms with E-state index < -0.39 is 6.10 Å². The minimum atomic E-state index is -0.480. The summed E-state index contributed by atoms with van der Waals surface area (Å²) in [6.07, 6.45) is 8.47. The van der Waals surface area contributed by atoms with Crippen molar-refractivity contribution < 1.29 is 29.1 Å². The van der Waals surface area contributed by atoms with Crippen LogP contribution in [0.3, 0.4) is 0 Å². The number of hydrogen-bond acceptors (Lipinski definition) is 6. The van der Waals surface area contributed by atoms with Crippen molar-refractivity contribution >= 4 is 11.9 Å². The number of rotatable bonds is 9. The van der Waals surface area contributed by atoms with Gasteiger partial charge in [-0.25, -0.2) is 0 Å². The van der Waals surface area contributed by atoms with Crippen LogP contribution in [0.25, 0.3) is 0 Å². The van der Waals surface area contributed by atoms with Gasteiger partial charge < -0.3 is 24.8 Å². The number of carbonyl (C=O) groups excluding carboxylic acids is 2. The number of nitrogens with one attached hydrogen (secondary N) is 1. The molecule has 3 N–H and O–H groups in total. The normalized spacial score (nSPS) is 36.1. The van der Waals surface area contributed by atoms with Gasteiger partial charge in [0, 0.05) is 33.0 Å². The van der Waals surface area contributed by atoms with E-state index in [-0.39, 0.29) is 24.1 Å². The first-order valence-electron chi connectivity index (χ1n) is 13.2. The fourth-order valence-corrected chi connectivity index (χ4v) is 6.54. The number of amides is 1. The standard InChI is InChI=1S/C25H43N3O5/c1-17(25(30)27-10-3-12-28-13-11-26-16-28)32-20-8-9-21-22(15-24(29)33-23(21)14-20)18-4-6-19(31-2)7-5-18/h17-23,26H,3-16H2,1-2H3,(H,27,30)/p+1. The number of nitrogens with zero attached hydrogens (tertiary/aromatic N) is 1. The van der Waals surface area contributed by atoms with Gasteiger partial charge >= 0.3 is 5.97 Å². The summed E-state index contributed by atoms with van der Waals surface area (Å²) in [6.45, 7) is 6.92. The van der Waals surface area contributed by atoms with Crippen molar-refractivity contribution in [2.75, 3.05) is 40.0 Å². The summed E-state index contributed by atoms with van der Waals surface area (Å²) in [4.78, 5) is 27.3. The lowest BCUT2D eigenvalue weighted by atomic mass is 9.65. The first-order chi connectivity index (χ1) is 16.0. The number of quaternary nitrogens is 1. The molecule has 2 heterocycles. The van der Waals surface area contributed by atoms with Crippen LogP contribution in [0, 0.1) is 17.8 Å². The molecular formula is C25H44N3O5+. The highest BCUT2D eigenvalue weighted by atomic mass is 16.6. The fraction of sp³-hybridized carbons (Fsp3) is 0.920. The van der Waals surface area contributed by atoms with Crippen LogP contribution in [0.15, 0.2) is 0 Å². The number of nitrogens with two attached hydrogens (primary N) is 1. The molecule has 4 fully saturated rings. The minimum absolute atomic E-state index is 0.0251. The Hall–Kier alpha value is -1.22. The lowest BCUT2D eigenvalue weighted by Gasteiger charge is -2.46. The molecule has 2 aliphatic carbocycles. The first-order valence-corrected chi connectivity index (χ1v) is 13.2. The van der Waals surface area contributed by atoms with Crippen molar-refractivity contribution in [3.8, 4) is 0 Å². The molecule has 8 heteroatoms. The fourth-order valence-electron chi connectivity index (χ4n) is 6.54. The van der Waals surface area contributed by atoms with E-state index in [0.717, 1.165) is 64.7 Å². The molecule has 4 aliphatic rings. The number of methoxy groups -OCH3 is 1. The molecule has 2 aliphatic heterocycles. The molecule has 0 spiro atoms. The van der Waals surface area contributed by atoms with Crippen LogP contribution in [-0.4, -0.2) is 81.1 Å². The molecule has 0 aromatic rings. The number of fused-ring (bicyclic) bond motifs is 1. The van der Waals surface area contributed by atoms with Crippen LogP contribution in [0.5, 0.6) is 0 Å². The second-order valence-electron chi connectivity index (χ2n) is 10.6. The van der Waals surface area contributed by atoms with Crippen LogP contribution in [0.1, 0.15) is 64.7 Å². The quantitative estimate of drug-likeness (QED) is 0.390.